The summed E-state index contributed by atoms with van der Waals surface area (Å²) >= 11 is 0. The Bertz CT molecular complexity index is 352. The SMILES string of the molecule is CC(C)(C)CC(C)(C)NC(=O)[C@H]1N[C@@H](CO)[C@H](O)[C@H]1O. The van der Waals surface area contributed by atoms with E-state index in [0.717, 1.165) is 6.42 Å². The van der Waals surface area contributed by atoms with Gasteiger partial charge in [0.25, 0.3) is 0 Å². The van der Waals surface area contributed by atoms with Gasteiger partial charge in [-0.15, -0.1) is 0 Å². The third-order valence-electron chi connectivity index (χ3n) is 3.41. The Labute approximate surface area is 120 Å². The summed E-state index contributed by atoms with van der Waals surface area (Å²) < 4.78 is 0. The zero-order chi connectivity index (χ0) is 15.7. The second kappa shape index (κ2) is 5.97. The van der Waals surface area contributed by atoms with Crippen LogP contribution in [-0.2, 0) is 4.79 Å². The standard InChI is InChI=1S/C14H28N2O4/c1-13(2,3)7-14(4,5)16-12(20)9-11(19)10(18)8(6-17)15-9/h8-11,15,17-19H,6-7H2,1-5H3,(H,16,20)/t8-,9-,10-,11-/m0/s1. The van der Waals surface area contributed by atoms with E-state index in [-0.39, 0.29) is 17.9 Å². The van der Waals surface area contributed by atoms with Crippen molar-refractivity contribution in [3.05, 3.63) is 0 Å². The maximum Gasteiger partial charge on any atom is 0.240 e. The number of nitrogens with one attached hydrogen (secondary N) is 2. The van der Waals surface area contributed by atoms with Crippen LogP contribution in [0.4, 0.5) is 0 Å². The highest BCUT2D eigenvalue weighted by Gasteiger charge is 2.45. The Kier molecular flexibility index (Phi) is 5.18. The lowest BCUT2D eigenvalue weighted by molar-refractivity contribution is -0.127. The molecule has 0 radical (unpaired) electrons. The van der Waals surface area contributed by atoms with Crippen molar-refractivity contribution in [1.29, 1.82) is 0 Å². The van der Waals surface area contributed by atoms with Crippen molar-refractivity contribution in [3.8, 4) is 0 Å². The van der Waals surface area contributed by atoms with E-state index in [9.17, 15) is 15.0 Å². The average Bonchev–Trinajstić information content (AvgIpc) is 2.51. The van der Waals surface area contributed by atoms with Crippen LogP contribution in [0.25, 0.3) is 0 Å². The molecule has 1 amide bonds. The molecule has 5 N–H and O–H groups in total. The first-order valence-electron chi connectivity index (χ1n) is 7.02. The van der Waals surface area contributed by atoms with Gasteiger partial charge in [-0.25, -0.2) is 0 Å². The number of hydrogen-bond donors (Lipinski definition) is 5. The Morgan fingerprint density at radius 2 is 1.70 bits per heavy atom. The van der Waals surface area contributed by atoms with Gasteiger partial charge in [-0.05, 0) is 25.7 Å². The maximum atomic E-state index is 12.2. The molecule has 0 aromatic heterocycles. The molecule has 1 saturated heterocycles. The molecule has 0 spiro atoms. The normalized spacial score (nSPS) is 31.4. The molecule has 1 aliphatic rings. The number of carbonyl (C=O) groups excluding carboxylic acids is 1. The first-order valence-corrected chi connectivity index (χ1v) is 7.02. The summed E-state index contributed by atoms with van der Waals surface area (Å²) in [6.45, 7) is 9.81. The Balaban J connectivity index is 2.67. The van der Waals surface area contributed by atoms with Crippen LogP contribution in [0, 0.1) is 5.41 Å². The van der Waals surface area contributed by atoms with Crippen molar-refractivity contribution in [2.24, 2.45) is 5.41 Å². The van der Waals surface area contributed by atoms with Crippen molar-refractivity contribution >= 4 is 5.91 Å². The van der Waals surface area contributed by atoms with Crippen molar-refractivity contribution in [2.45, 2.75) is 70.9 Å². The molecule has 1 rings (SSSR count). The lowest BCUT2D eigenvalue weighted by Crippen LogP contribution is -2.55. The molecular weight excluding hydrogens is 260 g/mol. The number of aliphatic hydroxyl groups excluding tert-OH is 3. The van der Waals surface area contributed by atoms with Gasteiger partial charge in [0.2, 0.25) is 5.91 Å². The summed E-state index contributed by atoms with van der Waals surface area (Å²) in [4.78, 5) is 12.2. The number of carbonyl (C=O) groups is 1. The van der Waals surface area contributed by atoms with E-state index in [1.54, 1.807) is 0 Å². The van der Waals surface area contributed by atoms with Crippen molar-refractivity contribution in [2.75, 3.05) is 6.61 Å². The van der Waals surface area contributed by atoms with E-state index in [4.69, 9.17) is 5.11 Å². The number of aliphatic hydroxyl groups is 3. The monoisotopic (exact) mass is 288 g/mol. The molecule has 0 aliphatic carbocycles. The predicted molar refractivity (Wildman–Crippen MR) is 76.1 cm³/mol. The smallest absolute Gasteiger partial charge is 0.240 e. The van der Waals surface area contributed by atoms with E-state index in [2.05, 4.69) is 31.4 Å². The molecule has 118 valence electrons. The molecule has 0 unspecified atom stereocenters. The number of rotatable bonds is 4. The van der Waals surface area contributed by atoms with Crippen molar-refractivity contribution < 1.29 is 20.1 Å². The first-order chi connectivity index (χ1) is 8.97. The van der Waals surface area contributed by atoms with Crippen molar-refractivity contribution in [3.63, 3.8) is 0 Å². The Morgan fingerprint density at radius 3 is 2.10 bits per heavy atom. The molecule has 0 bridgehead atoms. The average molecular weight is 288 g/mol. The molecule has 1 heterocycles. The third-order valence-corrected chi connectivity index (χ3v) is 3.41. The molecule has 1 fully saturated rings. The fourth-order valence-corrected chi connectivity index (χ4v) is 3.04. The summed E-state index contributed by atoms with van der Waals surface area (Å²) in [5.74, 6) is -0.359. The highest BCUT2D eigenvalue weighted by Crippen LogP contribution is 2.27. The topological polar surface area (TPSA) is 102 Å². The molecule has 4 atom stereocenters. The van der Waals surface area contributed by atoms with Gasteiger partial charge < -0.3 is 20.6 Å². The van der Waals surface area contributed by atoms with Crippen LogP contribution in [0.2, 0.25) is 0 Å². The minimum atomic E-state index is -1.21. The summed E-state index contributed by atoms with van der Waals surface area (Å²) in [6, 6.07) is -1.58. The van der Waals surface area contributed by atoms with Crippen LogP contribution >= 0.6 is 0 Å². The van der Waals surface area contributed by atoms with Crippen molar-refractivity contribution in [1.82, 2.24) is 10.6 Å². The van der Waals surface area contributed by atoms with Crippen LogP contribution in [0.15, 0.2) is 0 Å². The lowest BCUT2D eigenvalue weighted by atomic mass is 9.81. The fraction of sp³-hybridized carbons (Fsp3) is 0.929. The highest BCUT2D eigenvalue weighted by molar-refractivity contribution is 5.83. The highest BCUT2D eigenvalue weighted by atomic mass is 16.3. The van der Waals surface area contributed by atoms with Crippen LogP contribution < -0.4 is 10.6 Å². The quantitative estimate of drug-likeness (QED) is 0.474. The van der Waals surface area contributed by atoms with E-state index in [1.165, 1.54) is 0 Å². The van der Waals surface area contributed by atoms with Gasteiger partial charge in [0.15, 0.2) is 0 Å². The second-order valence-corrected chi connectivity index (χ2v) is 7.53. The Hall–Kier alpha value is -0.690. The summed E-state index contributed by atoms with van der Waals surface area (Å²) in [5.41, 5.74) is -0.357. The minimum absolute atomic E-state index is 0.0612. The van der Waals surface area contributed by atoms with E-state index in [0.29, 0.717) is 0 Å². The van der Waals surface area contributed by atoms with Crippen LogP contribution in [0.1, 0.15) is 41.0 Å². The van der Waals surface area contributed by atoms with Gasteiger partial charge in [-0.3, -0.25) is 10.1 Å². The molecule has 20 heavy (non-hydrogen) atoms. The molecule has 6 nitrogen and oxygen atoms in total. The van der Waals surface area contributed by atoms with Crippen LogP contribution in [-0.4, -0.2) is 57.7 Å². The molecule has 0 saturated carbocycles. The van der Waals surface area contributed by atoms with Gasteiger partial charge >= 0.3 is 0 Å². The molecule has 0 aromatic rings. The zero-order valence-corrected chi connectivity index (χ0v) is 13.0. The van der Waals surface area contributed by atoms with Crippen LogP contribution in [0.5, 0.6) is 0 Å². The largest absolute Gasteiger partial charge is 0.395 e. The fourth-order valence-electron chi connectivity index (χ4n) is 3.04. The van der Waals surface area contributed by atoms with Gasteiger partial charge in [0, 0.05) is 5.54 Å². The second-order valence-electron chi connectivity index (χ2n) is 7.53. The van der Waals surface area contributed by atoms with Gasteiger partial charge in [-0.2, -0.15) is 0 Å². The molecular formula is C14H28N2O4. The molecule has 1 aliphatic heterocycles. The third kappa shape index (κ3) is 4.41. The Morgan fingerprint density at radius 1 is 1.15 bits per heavy atom. The van der Waals surface area contributed by atoms with Crippen LogP contribution in [0.3, 0.4) is 0 Å². The van der Waals surface area contributed by atoms with E-state index in [1.807, 2.05) is 13.8 Å². The molecule has 0 aromatic carbocycles. The van der Waals surface area contributed by atoms with Gasteiger partial charge in [0.1, 0.15) is 12.1 Å². The van der Waals surface area contributed by atoms with Gasteiger partial charge in [-0.1, -0.05) is 20.8 Å². The predicted octanol–water partition coefficient (Wildman–Crippen LogP) is -0.628. The summed E-state index contributed by atoms with van der Waals surface area (Å²) in [6.07, 6.45) is -1.57. The minimum Gasteiger partial charge on any atom is -0.395 e. The zero-order valence-electron chi connectivity index (χ0n) is 13.0. The van der Waals surface area contributed by atoms with E-state index < -0.39 is 29.8 Å². The summed E-state index contributed by atoms with van der Waals surface area (Å²) in [7, 11) is 0. The van der Waals surface area contributed by atoms with Gasteiger partial charge in [0.05, 0.1) is 18.8 Å². The summed E-state index contributed by atoms with van der Waals surface area (Å²) in [5, 5.41) is 34.3. The maximum absolute atomic E-state index is 12.2. The number of hydrogen-bond acceptors (Lipinski definition) is 5. The first kappa shape index (κ1) is 17.4. The lowest BCUT2D eigenvalue weighted by Gasteiger charge is -2.34. The van der Waals surface area contributed by atoms with E-state index >= 15 is 0 Å². The number of amides is 1. The molecule has 6 heteroatoms.